The summed E-state index contributed by atoms with van der Waals surface area (Å²) in [6, 6.07) is 4.42. The fourth-order valence-electron chi connectivity index (χ4n) is 7.45. The van der Waals surface area contributed by atoms with Gasteiger partial charge in [-0.2, -0.15) is 5.10 Å². The van der Waals surface area contributed by atoms with E-state index < -0.39 is 35.6 Å². The molecule has 0 bridgehead atoms. The highest BCUT2D eigenvalue weighted by Gasteiger charge is 2.41. The number of aryl methyl sites for hydroxylation is 1. The number of carbonyl (C=O) groups excluding carboxylic acids is 4. The highest BCUT2D eigenvalue weighted by molar-refractivity contribution is 6.00. The van der Waals surface area contributed by atoms with Crippen LogP contribution < -0.4 is 16.0 Å². The van der Waals surface area contributed by atoms with E-state index in [1.165, 1.54) is 12.1 Å². The molecule has 1 aromatic carbocycles. The van der Waals surface area contributed by atoms with Gasteiger partial charge in [0.2, 0.25) is 17.7 Å². The van der Waals surface area contributed by atoms with E-state index in [4.69, 9.17) is 0 Å². The van der Waals surface area contributed by atoms with Crippen LogP contribution in [0, 0.1) is 29.5 Å². The number of piperazine rings is 1. The number of hydrogen-bond donors (Lipinski definition) is 3. The van der Waals surface area contributed by atoms with Gasteiger partial charge in [0, 0.05) is 49.8 Å². The molecule has 2 heterocycles. The number of likely N-dealkylation sites (N-methyl/N-ethyl adjacent to an activating group) is 1. The number of nitrogens with zero attached hydrogens (tertiary/aromatic N) is 4. The van der Waals surface area contributed by atoms with E-state index in [1.807, 2.05) is 32.7 Å². The summed E-state index contributed by atoms with van der Waals surface area (Å²) in [6.45, 7) is 14.2. The Kier molecular flexibility index (Phi) is 11.7. The third kappa shape index (κ3) is 8.55. The fourth-order valence-corrected chi connectivity index (χ4v) is 7.45. The van der Waals surface area contributed by atoms with Crippen LogP contribution in [-0.4, -0.2) is 87.5 Å². The van der Waals surface area contributed by atoms with Gasteiger partial charge in [-0.05, 0) is 95.0 Å². The average molecular weight is 694 g/mol. The van der Waals surface area contributed by atoms with Crippen molar-refractivity contribution in [2.45, 2.75) is 110 Å². The Morgan fingerprint density at radius 2 is 1.64 bits per heavy atom. The summed E-state index contributed by atoms with van der Waals surface area (Å²) >= 11 is 0. The highest BCUT2D eigenvalue weighted by atomic mass is 19.1. The van der Waals surface area contributed by atoms with Crippen LogP contribution in [0.25, 0.3) is 0 Å². The molecule has 1 aliphatic heterocycles. The first kappa shape index (κ1) is 37.5. The molecule has 0 spiro atoms. The van der Waals surface area contributed by atoms with Gasteiger partial charge in [0.05, 0.1) is 5.69 Å². The number of hydrogen-bond acceptors (Lipinski definition) is 6. The van der Waals surface area contributed by atoms with Crippen molar-refractivity contribution in [3.8, 4) is 0 Å². The maximum atomic E-state index is 15.9. The van der Waals surface area contributed by atoms with Crippen molar-refractivity contribution in [2.75, 3.05) is 32.0 Å². The Labute approximate surface area is 296 Å². The topological polar surface area (TPSA) is 129 Å². The summed E-state index contributed by atoms with van der Waals surface area (Å²) in [5.41, 5.74) is 0.652. The Bertz CT molecular complexity index is 1550. The largest absolute Gasteiger partial charge is 0.343 e. The van der Waals surface area contributed by atoms with Gasteiger partial charge < -0.3 is 20.9 Å². The Morgan fingerprint density at radius 3 is 2.26 bits per heavy atom. The lowest BCUT2D eigenvalue weighted by molar-refractivity contribution is -0.141. The molecule has 4 atom stereocenters. The Balaban J connectivity index is 1.34. The standard InChI is InChI=1S/C38H56FN7O4/c1-8-46-31(17-18-40-46)35(48)43-33(27-11-9-23(2)10-12-27)36(49)41-30-16-15-28(21-29(30)39)24(3)32(42-34(47)25(4)26-13-14-26)37(50)45-20-19-44(7)38(5,6)22-45/h15-18,21,23-27,32-33H,8-14,19-20,22H2,1-7H3,(H,41,49)(H,42,47)(H,43,48)/t23-,24-,25?,27-,32+,33-/m0/s1. The van der Waals surface area contributed by atoms with Crippen LogP contribution in [0.3, 0.4) is 0 Å². The predicted octanol–water partition coefficient (Wildman–Crippen LogP) is 4.79. The molecule has 3 aliphatic rings. The SMILES string of the molecule is CCn1nccc1C(=O)N[C@H](C(=O)Nc1ccc([C@H](C)[C@@H](NC(=O)C(C)C2CC2)C(=O)N2CCN(C)C(C)(C)C2)cc1F)[C@H]1CC[C@H](C)CC1. The minimum atomic E-state index is -0.882. The smallest absolute Gasteiger partial charge is 0.270 e. The number of halogens is 1. The molecule has 50 heavy (non-hydrogen) atoms. The van der Waals surface area contributed by atoms with Crippen molar-refractivity contribution >= 4 is 29.3 Å². The second-order valence-electron chi connectivity index (χ2n) is 15.6. The van der Waals surface area contributed by atoms with Gasteiger partial charge in [-0.1, -0.05) is 39.7 Å². The Morgan fingerprint density at radius 1 is 0.960 bits per heavy atom. The summed E-state index contributed by atoms with van der Waals surface area (Å²) < 4.78 is 17.5. The van der Waals surface area contributed by atoms with Crippen molar-refractivity contribution in [2.24, 2.45) is 23.7 Å². The van der Waals surface area contributed by atoms with Gasteiger partial charge in [0.15, 0.2) is 0 Å². The Hall–Kier alpha value is -3.80. The lowest BCUT2D eigenvalue weighted by Crippen LogP contribution is -2.62. The second kappa shape index (κ2) is 15.6. The molecule has 12 heteroatoms. The third-order valence-corrected chi connectivity index (χ3v) is 11.6. The third-order valence-electron chi connectivity index (χ3n) is 11.6. The van der Waals surface area contributed by atoms with Crippen molar-refractivity contribution in [3.63, 3.8) is 0 Å². The number of aromatic nitrogens is 2. The number of amides is 4. The predicted molar refractivity (Wildman–Crippen MR) is 191 cm³/mol. The van der Waals surface area contributed by atoms with Crippen LogP contribution in [0.4, 0.5) is 10.1 Å². The van der Waals surface area contributed by atoms with Crippen molar-refractivity contribution < 1.29 is 23.6 Å². The van der Waals surface area contributed by atoms with Gasteiger partial charge in [-0.3, -0.25) is 28.8 Å². The number of anilines is 1. The van der Waals surface area contributed by atoms with E-state index in [-0.39, 0.29) is 34.9 Å². The zero-order chi connectivity index (χ0) is 36.3. The molecule has 2 aromatic rings. The minimum Gasteiger partial charge on any atom is -0.343 e. The fraction of sp³-hybridized carbons (Fsp3) is 0.658. The average Bonchev–Trinajstić information content (AvgIpc) is 3.83. The summed E-state index contributed by atoms with van der Waals surface area (Å²) in [7, 11) is 2.04. The molecule has 5 rings (SSSR count). The molecule has 11 nitrogen and oxygen atoms in total. The van der Waals surface area contributed by atoms with Crippen LogP contribution in [0.1, 0.15) is 102 Å². The quantitative estimate of drug-likeness (QED) is 0.293. The summed E-state index contributed by atoms with van der Waals surface area (Å²) in [6.07, 6.45) is 6.99. The van der Waals surface area contributed by atoms with Crippen LogP contribution in [0.2, 0.25) is 0 Å². The zero-order valence-electron chi connectivity index (χ0n) is 30.8. The molecule has 1 saturated heterocycles. The number of benzene rings is 1. The van der Waals surface area contributed by atoms with Crippen LogP contribution in [-0.2, 0) is 20.9 Å². The van der Waals surface area contributed by atoms with E-state index in [1.54, 1.807) is 23.0 Å². The van der Waals surface area contributed by atoms with Gasteiger partial charge >= 0.3 is 0 Å². The van der Waals surface area contributed by atoms with E-state index in [0.29, 0.717) is 49.3 Å². The lowest BCUT2D eigenvalue weighted by Gasteiger charge is -2.46. The van der Waals surface area contributed by atoms with Gasteiger partial charge in [0.1, 0.15) is 23.6 Å². The van der Waals surface area contributed by atoms with Crippen LogP contribution in [0.15, 0.2) is 30.5 Å². The van der Waals surface area contributed by atoms with E-state index in [0.717, 1.165) is 38.5 Å². The molecule has 0 radical (unpaired) electrons. The molecule has 1 aromatic heterocycles. The van der Waals surface area contributed by atoms with E-state index in [9.17, 15) is 19.2 Å². The summed E-state index contributed by atoms with van der Waals surface area (Å²) in [4.78, 5) is 58.6. The van der Waals surface area contributed by atoms with Gasteiger partial charge in [-0.15, -0.1) is 0 Å². The molecule has 4 amide bonds. The molecule has 3 fully saturated rings. The highest BCUT2D eigenvalue weighted by Crippen LogP contribution is 2.37. The lowest BCUT2D eigenvalue weighted by atomic mass is 9.79. The second-order valence-corrected chi connectivity index (χ2v) is 15.6. The summed E-state index contributed by atoms with van der Waals surface area (Å²) in [5.74, 6) is -1.86. The molecular formula is C38H56FN7O4. The maximum absolute atomic E-state index is 15.9. The molecule has 2 saturated carbocycles. The number of carbonyl (C=O) groups is 4. The van der Waals surface area contributed by atoms with Crippen molar-refractivity contribution in [3.05, 3.63) is 47.5 Å². The minimum absolute atomic E-state index is 0.0111. The molecule has 3 N–H and O–H groups in total. The van der Waals surface area contributed by atoms with Crippen LogP contribution in [0.5, 0.6) is 0 Å². The van der Waals surface area contributed by atoms with Crippen molar-refractivity contribution in [1.82, 2.24) is 30.2 Å². The first-order chi connectivity index (χ1) is 23.7. The molecule has 274 valence electrons. The molecule has 1 unspecified atom stereocenters. The normalized spacial score (nSPS) is 23.3. The van der Waals surface area contributed by atoms with Gasteiger partial charge in [0.25, 0.3) is 5.91 Å². The van der Waals surface area contributed by atoms with Crippen molar-refractivity contribution in [1.29, 1.82) is 0 Å². The van der Waals surface area contributed by atoms with E-state index >= 15 is 4.39 Å². The first-order valence-corrected chi connectivity index (χ1v) is 18.4. The monoisotopic (exact) mass is 693 g/mol. The summed E-state index contributed by atoms with van der Waals surface area (Å²) in [5, 5.41) is 12.9. The number of rotatable bonds is 12. The number of nitrogens with one attached hydrogen (secondary N) is 3. The first-order valence-electron chi connectivity index (χ1n) is 18.4. The molecular weight excluding hydrogens is 637 g/mol. The zero-order valence-corrected chi connectivity index (χ0v) is 30.8. The van der Waals surface area contributed by atoms with E-state index in [2.05, 4.69) is 46.7 Å². The molecule has 2 aliphatic carbocycles. The van der Waals surface area contributed by atoms with Gasteiger partial charge in [-0.25, -0.2) is 4.39 Å². The maximum Gasteiger partial charge on any atom is 0.270 e. The van der Waals surface area contributed by atoms with Crippen LogP contribution >= 0.6 is 0 Å².